The summed E-state index contributed by atoms with van der Waals surface area (Å²) in [7, 11) is 0. The van der Waals surface area contributed by atoms with Crippen molar-refractivity contribution in [3.05, 3.63) is 89.3 Å². The molecule has 26 heavy (non-hydrogen) atoms. The summed E-state index contributed by atoms with van der Waals surface area (Å²) in [5.41, 5.74) is 8.96. The second kappa shape index (κ2) is 7.02. The fourth-order valence-electron chi connectivity index (χ4n) is 2.98. The number of fused-ring (bicyclic) bond motifs is 1. The first-order chi connectivity index (χ1) is 12.7. The molecular formula is C22H18N2OS. The van der Waals surface area contributed by atoms with Crippen molar-refractivity contribution < 1.29 is 4.74 Å². The molecule has 0 radical (unpaired) electrons. The molecule has 0 saturated heterocycles. The van der Waals surface area contributed by atoms with Gasteiger partial charge in [0, 0.05) is 15.6 Å². The zero-order valence-electron chi connectivity index (χ0n) is 14.1. The highest BCUT2D eigenvalue weighted by molar-refractivity contribution is 7.21. The maximum Gasteiger partial charge on any atom is 0.133 e. The lowest BCUT2D eigenvalue weighted by atomic mass is 10.0. The van der Waals surface area contributed by atoms with Gasteiger partial charge in [0.05, 0.1) is 4.88 Å². The van der Waals surface area contributed by atoms with E-state index in [9.17, 15) is 0 Å². The van der Waals surface area contributed by atoms with E-state index in [4.69, 9.17) is 15.9 Å². The first kappa shape index (κ1) is 16.4. The number of nitrogen functional groups attached to an aromatic ring is 1. The molecule has 0 aliphatic heterocycles. The number of benzene rings is 3. The Labute approximate surface area is 156 Å². The second-order valence-electron chi connectivity index (χ2n) is 6.02. The summed E-state index contributed by atoms with van der Waals surface area (Å²) in [6.07, 6.45) is 0. The van der Waals surface area contributed by atoms with Crippen LogP contribution in [0.3, 0.4) is 0 Å². The average molecular weight is 358 g/mol. The molecule has 0 atom stereocenters. The number of hydrogen-bond acceptors (Lipinski definition) is 3. The van der Waals surface area contributed by atoms with E-state index < -0.39 is 0 Å². The summed E-state index contributed by atoms with van der Waals surface area (Å²) in [5.74, 6) is 0.928. The van der Waals surface area contributed by atoms with E-state index in [1.54, 1.807) is 0 Å². The standard InChI is InChI=1S/C22H18N2OS/c23-22(24)20-13-17-19(26-20)12-11-18(21(17)16-9-5-2-6-10-16)25-14-15-7-3-1-4-8-15/h1-13H,14H2,(H3,23,24). The Morgan fingerprint density at radius 3 is 2.31 bits per heavy atom. The van der Waals surface area contributed by atoms with Crippen molar-refractivity contribution >= 4 is 27.3 Å². The molecule has 4 heteroatoms. The van der Waals surface area contributed by atoms with Crippen molar-refractivity contribution in [2.45, 2.75) is 6.61 Å². The van der Waals surface area contributed by atoms with Gasteiger partial charge in [-0.2, -0.15) is 0 Å². The van der Waals surface area contributed by atoms with Gasteiger partial charge in [0.1, 0.15) is 18.2 Å². The van der Waals surface area contributed by atoms with Crippen LogP contribution >= 0.6 is 11.3 Å². The molecule has 0 aliphatic rings. The summed E-state index contributed by atoms with van der Waals surface area (Å²) >= 11 is 1.53. The first-order valence-electron chi connectivity index (χ1n) is 8.35. The Morgan fingerprint density at radius 2 is 1.62 bits per heavy atom. The number of amidine groups is 1. The normalized spacial score (nSPS) is 10.8. The number of rotatable bonds is 5. The Balaban J connectivity index is 1.82. The minimum atomic E-state index is 0.0944. The lowest BCUT2D eigenvalue weighted by Gasteiger charge is -2.13. The van der Waals surface area contributed by atoms with Crippen LogP contribution in [-0.4, -0.2) is 5.84 Å². The fourth-order valence-corrected chi connectivity index (χ4v) is 3.91. The molecule has 4 rings (SSSR count). The quantitative estimate of drug-likeness (QED) is 0.369. The van der Waals surface area contributed by atoms with Crippen LogP contribution in [0.4, 0.5) is 0 Å². The SMILES string of the molecule is N=C(N)c1cc2c(-c3ccccc3)c(OCc3ccccc3)ccc2s1. The van der Waals surface area contributed by atoms with Crippen LogP contribution in [-0.2, 0) is 6.61 Å². The van der Waals surface area contributed by atoms with Gasteiger partial charge in [-0.1, -0.05) is 60.7 Å². The Kier molecular flexibility index (Phi) is 4.42. The maximum absolute atomic E-state index is 7.75. The van der Waals surface area contributed by atoms with E-state index in [-0.39, 0.29) is 5.84 Å². The maximum atomic E-state index is 7.75. The van der Waals surface area contributed by atoms with Gasteiger partial charge in [-0.15, -0.1) is 11.3 Å². The molecule has 3 aromatic carbocycles. The predicted molar refractivity (Wildman–Crippen MR) is 109 cm³/mol. The van der Waals surface area contributed by atoms with Gasteiger partial charge < -0.3 is 10.5 Å². The van der Waals surface area contributed by atoms with E-state index in [0.29, 0.717) is 6.61 Å². The van der Waals surface area contributed by atoms with Crippen LogP contribution in [0.1, 0.15) is 10.4 Å². The number of ether oxygens (including phenoxy) is 1. The van der Waals surface area contributed by atoms with E-state index in [2.05, 4.69) is 24.3 Å². The summed E-state index contributed by atoms with van der Waals surface area (Å²) < 4.78 is 7.27. The summed E-state index contributed by atoms with van der Waals surface area (Å²) in [6.45, 7) is 0.510. The molecule has 3 nitrogen and oxygen atoms in total. The average Bonchev–Trinajstić information content (AvgIpc) is 3.12. The molecule has 0 spiro atoms. The lowest BCUT2D eigenvalue weighted by molar-refractivity contribution is 0.308. The van der Waals surface area contributed by atoms with Crippen LogP contribution in [0.25, 0.3) is 21.2 Å². The smallest absolute Gasteiger partial charge is 0.133 e. The van der Waals surface area contributed by atoms with Crippen LogP contribution < -0.4 is 10.5 Å². The van der Waals surface area contributed by atoms with Crippen molar-refractivity contribution in [2.24, 2.45) is 5.73 Å². The highest BCUT2D eigenvalue weighted by Gasteiger charge is 2.15. The van der Waals surface area contributed by atoms with Crippen molar-refractivity contribution in [1.82, 2.24) is 0 Å². The van der Waals surface area contributed by atoms with Crippen LogP contribution in [0.2, 0.25) is 0 Å². The second-order valence-corrected chi connectivity index (χ2v) is 7.10. The Morgan fingerprint density at radius 1 is 0.923 bits per heavy atom. The fraction of sp³-hybridized carbons (Fsp3) is 0.0455. The van der Waals surface area contributed by atoms with Gasteiger partial charge in [0.2, 0.25) is 0 Å². The third-order valence-corrected chi connectivity index (χ3v) is 5.36. The zero-order valence-corrected chi connectivity index (χ0v) is 14.9. The van der Waals surface area contributed by atoms with Crippen LogP contribution in [0.5, 0.6) is 5.75 Å². The van der Waals surface area contributed by atoms with Crippen molar-refractivity contribution in [3.63, 3.8) is 0 Å². The molecule has 0 aliphatic carbocycles. The largest absolute Gasteiger partial charge is 0.488 e. The molecule has 4 aromatic rings. The zero-order chi connectivity index (χ0) is 17.9. The molecule has 0 bridgehead atoms. The highest BCUT2D eigenvalue weighted by atomic mass is 32.1. The third-order valence-electron chi connectivity index (χ3n) is 4.23. The molecule has 0 unspecified atom stereocenters. The van der Waals surface area contributed by atoms with Crippen LogP contribution in [0, 0.1) is 5.41 Å². The van der Waals surface area contributed by atoms with Crippen molar-refractivity contribution in [2.75, 3.05) is 0 Å². The monoisotopic (exact) mass is 358 g/mol. The number of thiophene rings is 1. The summed E-state index contributed by atoms with van der Waals surface area (Å²) in [6, 6.07) is 26.4. The van der Waals surface area contributed by atoms with Gasteiger partial charge in [0.15, 0.2) is 0 Å². The molecule has 0 saturated carbocycles. The summed E-state index contributed by atoms with van der Waals surface area (Å²) in [5, 5.41) is 8.81. The third kappa shape index (κ3) is 3.19. The molecule has 1 aromatic heterocycles. The van der Waals surface area contributed by atoms with Gasteiger partial charge in [0.25, 0.3) is 0 Å². The van der Waals surface area contributed by atoms with Gasteiger partial charge in [-0.05, 0) is 29.3 Å². The minimum Gasteiger partial charge on any atom is -0.488 e. The molecule has 0 fully saturated rings. The summed E-state index contributed by atoms with van der Waals surface area (Å²) in [4.78, 5) is 0.775. The molecule has 0 amide bonds. The molecular weight excluding hydrogens is 340 g/mol. The van der Waals surface area contributed by atoms with Crippen LogP contribution in [0.15, 0.2) is 78.9 Å². The lowest BCUT2D eigenvalue weighted by Crippen LogP contribution is -2.08. The highest BCUT2D eigenvalue weighted by Crippen LogP contribution is 2.40. The predicted octanol–water partition coefficient (Wildman–Crippen LogP) is 5.43. The number of nitrogens with two attached hydrogens (primary N) is 1. The van der Waals surface area contributed by atoms with Gasteiger partial charge in [-0.25, -0.2) is 0 Å². The Bertz CT molecular complexity index is 1060. The van der Waals surface area contributed by atoms with E-state index in [0.717, 1.165) is 37.4 Å². The van der Waals surface area contributed by atoms with Crippen molar-refractivity contribution in [3.8, 4) is 16.9 Å². The van der Waals surface area contributed by atoms with Gasteiger partial charge >= 0.3 is 0 Å². The van der Waals surface area contributed by atoms with E-state index in [1.165, 1.54) is 11.3 Å². The molecule has 1 heterocycles. The molecule has 3 N–H and O–H groups in total. The number of nitrogens with one attached hydrogen (secondary N) is 1. The molecule has 128 valence electrons. The minimum absolute atomic E-state index is 0.0944. The topological polar surface area (TPSA) is 59.1 Å². The Hall–Kier alpha value is -3.11. The first-order valence-corrected chi connectivity index (χ1v) is 9.17. The number of hydrogen-bond donors (Lipinski definition) is 2. The van der Waals surface area contributed by atoms with E-state index in [1.807, 2.05) is 54.6 Å². The van der Waals surface area contributed by atoms with E-state index >= 15 is 0 Å². The van der Waals surface area contributed by atoms with Gasteiger partial charge in [-0.3, -0.25) is 5.41 Å². The van der Waals surface area contributed by atoms with Crippen molar-refractivity contribution in [1.29, 1.82) is 5.41 Å².